The molecule has 56 valence electrons. The van der Waals surface area contributed by atoms with E-state index in [0.717, 1.165) is 5.09 Å². The van der Waals surface area contributed by atoms with Crippen molar-refractivity contribution in [3.8, 4) is 0 Å². The number of hydrogen-bond acceptors (Lipinski definition) is 2. The molecule has 0 unspecified atom stereocenters. The molecule has 1 aromatic heterocycles. The lowest BCUT2D eigenvalue weighted by atomic mass is 10.7. The van der Waals surface area contributed by atoms with Gasteiger partial charge in [-0.1, -0.05) is 11.8 Å². The summed E-state index contributed by atoms with van der Waals surface area (Å²) < 4.78 is 5.03. The summed E-state index contributed by atoms with van der Waals surface area (Å²) in [5.41, 5.74) is 0. The van der Waals surface area contributed by atoms with Gasteiger partial charge in [0, 0.05) is 5.75 Å². The number of furan rings is 1. The number of halogens is 2. The Morgan fingerprint density at radius 2 is 2.40 bits per heavy atom. The van der Waals surface area contributed by atoms with Gasteiger partial charge in [-0.15, -0.1) is 23.2 Å². The Hall–Kier alpha value is 0.210. The summed E-state index contributed by atoms with van der Waals surface area (Å²) in [6.07, 6.45) is 1.62. The molecule has 0 aliphatic heterocycles. The molecule has 0 saturated carbocycles. The zero-order valence-electron chi connectivity index (χ0n) is 5.09. The van der Waals surface area contributed by atoms with Gasteiger partial charge in [0.05, 0.1) is 6.26 Å². The van der Waals surface area contributed by atoms with Gasteiger partial charge in [-0.05, 0) is 12.1 Å². The molecular weight excluding hydrogens is 191 g/mol. The van der Waals surface area contributed by atoms with Crippen LogP contribution in [0, 0.1) is 0 Å². The third-order valence-corrected chi connectivity index (χ3v) is 2.54. The van der Waals surface area contributed by atoms with Crippen molar-refractivity contribution < 1.29 is 4.42 Å². The third kappa shape index (κ3) is 2.86. The molecule has 0 bridgehead atoms. The lowest BCUT2D eigenvalue weighted by Crippen LogP contribution is -1.88. The van der Waals surface area contributed by atoms with Crippen LogP contribution in [0.15, 0.2) is 27.9 Å². The van der Waals surface area contributed by atoms with Gasteiger partial charge in [-0.3, -0.25) is 0 Å². The molecule has 1 heterocycles. The predicted octanol–water partition coefficient (Wildman–Crippen LogP) is 3.18. The van der Waals surface area contributed by atoms with Gasteiger partial charge in [0.25, 0.3) is 0 Å². The van der Waals surface area contributed by atoms with Gasteiger partial charge in [0.2, 0.25) is 0 Å². The van der Waals surface area contributed by atoms with Gasteiger partial charge in [-0.25, -0.2) is 0 Å². The van der Waals surface area contributed by atoms with Crippen LogP contribution < -0.4 is 0 Å². The van der Waals surface area contributed by atoms with Crippen LogP contribution in [-0.4, -0.2) is 10.6 Å². The highest BCUT2D eigenvalue weighted by Gasteiger charge is 2.01. The summed E-state index contributed by atoms with van der Waals surface area (Å²) in [5, 5.41) is 0.853. The molecule has 0 aliphatic rings. The third-order valence-electron chi connectivity index (χ3n) is 0.847. The van der Waals surface area contributed by atoms with Crippen molar-refractivity contribution in [1.29, 1.82) is 0 Å². The van der Waals surface area contributed by atoms with Gasteiger partial charge in [-0.2, -0.15) is 0 Å². The maximum Gasteiger partial charge on any atom is 0.160 e. The van der Waals surface area contributed by atoms with Crippen molar-refractivity contribution in [2.24, 2.45) is 0 Å². The first kappa shape index (κ1) is 8.31. The van der Waals surface area contributed by atoms with E-state index in [1.54, 1.807) is 6.26 Å². The summed E-state index contributed by atoms with van der Waals surface area (Å²) in [6, 6.07) is 3.71. The summed E-state index contributed by atoms with van der Waals surface area (Å²) in [6.45, 7) is 0. The van der Waals surface area contributed by atoms with E-state index in [1.165, 1.54) is 11.8 Å². The van der Waals surface area contributed by atoms with Crippen LogP contribution in [0.1, 0.15) is 0 Å². The minimum absolute atomic E-state index is 0.324. The summed E-state index contributed by atoms with van der Waals surface area (Å²) in [5.74, 6) is 0.663. The standard InChI is InChI=1S/C6H6Cl2OS/c7-5(8)4-10-6-2-1-3-9-6/h1-3,5H,4H2. The second-order valence-corrected chi connectivity index (χ2v) is 3.94. The van der Waals surface area contributed by atoms with Crippen molar-refractivity contribution in [2.45, 2.75) is 9.93 Å². The molecule has 0 saturated heterocycles. The van der Waals surface area contributed by atoms with E-state index in [4.69, 9.17) is 27.6 Å². The van der Waals surface area contributed by atoms with E-state index in [2.05, 4.69) is 0 Å². The van der Waals surface area contributed by atoms with Crippen LogP contribution in [0.25, 0.3) is 0 Å². The summed E-state index contributed by atoms with van der Waals surface area (Å²) in [4.78, 5) is -0.324. The smallest absolute Gasteiger partial charge is 0.160 e. The highest BCUT2D eigenvalue weighted by Crippen LogP contribution is 2.21. The number of alkyl halides is 2. The van der Waals surface area contributed by atoms with Crippen molar-refractivity contribution in [3.63, 3.8) is 0 Å². The second kappa shape index (κ2) is 4.16. The molecule has 1 nitrogen and oxygen atoms in total. The van der Waals surface area contributed by atoms with E-state index in [9.17, 15) is 0 Å². The van der Waals surface area contributed by atoms with E-state index in [1.807, 2.05) is 12.1 Å². The fraction of sp³-hybridized carbons (Fsp3) is 0.333. The lowest BCUT2D eigenvalue weighted by molar-refractivity contribution is 0.474. The highest BCUT2D eigenvalue weighted by atomic mass is 35.5. The zero-order chi connectivity index (χ0) is 7.40. The Morgan fingerprint density at radius 3 is 2.90 bits per heavy atom. The van der Waals surface area contributed by atoms with Crippen molar-refractivity contribution in [1.82, 2.24) is 0 Å². The molecule has 0 atom stereocenters. The van der Waals surface area contributed by atoms with Crippen LogP contribution >= 0.6 is 35.0 Å². The van der Waals surface area contributed by atoms with Gasteiger partial charge >= 0.3 is 0 Å². The molecule has 4 heteroatoms. The minimum Gasteiger partial charge on any atom is -0.458 e. The Labute approximate surface area is 73.7 Å². The predicted molar refractivity (Wildman–Crippen MR) is 44.9 cm³/mol. The summed E-state index contributed by atoms with van der Waals surface area (Å²) >= 11 is 12.5. The van der Waals surface area contributed by atoms with Gasteiger partial charge < -0.3 is 4.42 Å². The normalized spacial score (nSPS) is 10.7. The maximum absolute atomic E-state index is 5.50. The molecule has 1 aromatic rings. The van der Waals surface area contributed by atoms with E-state index in [-0.39, 0.29) is 4.84 Å². The Balaban J connectivity index is 2.28. The van der Waals surface area contributed by atoms with Crippen LogP contribution in [-0.2, 0) is 0 Å². The van der Waals surface area contributed by atoms with E-state index < -0.39 is 0 Å². The fourth-order valence-electron chi connectivity index (χ4n) is 0.491. The van der Waals surface area contributed by atoms with E-state index >= 15 is 0 Å². The monoisotopic (exact) mass is 196 g/mol. The highest BCUT2D eigenvalue weighted by molar-refractivity contribution is 7.99. The molecule has 0 spiro atoms. The maximum atomic E-state index is 5.50. The fourth-order valence-corrected chi connectivity index (χ4v) is 1.46. The molecular formula is C6H6Cl2OS. The first-order valence-electron chi connectivity index (χ1n) is 2.73. The SMILES string of the molecule is ClC(Cl)CSc1ccco1. The van der Waals surface area contributed by atoms with Crippen LogP contribution in [0.2, 0.25) is 0 Å². The Morgan fingerprint density at radius 1 is 1.60 bits per heavy atom. The van der Waals surface area contributed by atoms with Gasteiger partial charge in [0.1, 0.15) is 4.84 Å². The van der Waals surface area contributed by atoms with Crippen LogP contribution in [0.5, 0.6) is 0 Å². The number of hydrogen-bond donors (Lipinski definition) is 0. The quantitative estimate of drug-likeness (QED) is 0.545. The average Bonchev–Trinajstić information content (AvgIpc) is 2.34. The first-order chi connectivity index (χ1) is 4.79. The molecule has 1 rings (SSSR count). The van der Waals surface area contributed by atoms with Crippen molar-refractivity contribution in [3.05, 3.63) is 18.4 Å². The summed E-state index contributed by atoms with van der Waals surface area (Å²) in [7, 11) is 0. The van der Waals surface area contributed by atoms with Crippen LogP contribution in [0.3, 0.4) is 0 Å². The van der Waals surface area contributed by atoms with E-state index in [0.29, 0.717) is 5.75 Å². The lowest BCUT2D eigenvalue weighted by Gasteiger charge is -1.95. The Bertz CT molecular complexity index is 174. The molecule has 0 aromatic carbocycles. The molecule has 0 amide bonds. The van der Waals surface area contributed by atoms with Crippen molar-refractivity contribution in [2.75, 3.05) is 5.75 Å². The molecule has 0 aliphatic carbocycles. The number of thioether (sulfide) groups is 1. The largest absolute Gasteiger partial charge is 0.458 e. The van der Waals surface area contributed by atoms with Crippen molar-refractivity contribution >= 4 is 35.0 Å². The average molecular weight is 197 g/mol. The van der Waals surface area contributed by atoms with Crippen LogP contribution in [0.4, 0.5) is 0 Å². The number of rotatable bonds is 3. The minimum atomic E-state index is -0.324. The molecule has 0 N–H and O–H groups in total. The topological polar surface area (TPSA) is 13.1 Å². The van der Waals surface area contributed by atoms with Gasteiger partial charge in [0.15, 0.2) is 5.09 Å². The molecule has 0 radical (unpaired) electrons. The molecule has 0 fully saturated rings. The second-order valence-electron chi connectivity index (χ2n) is 1.63. The molecule has 10 heavy (non-hydrogen) atoms. The first-order valence-corrected chi connectivity index (χ1v) is 4.59. The Kier molecular flexibility index (Phi) is 3.46. The zero-order valence-corrected chi connectivity index (χ0v) is 7.42.